The number of rotatable bonds is 5. The maximum absolute atomic E-state index is 11.0. The highest BCUT2D eigenvalue weighted by Crippen LogP contribution is 2.06. The molecule has 0 saturated carbocycles. The molecule has 0 amide bonds. The van der Waals surface area contributed by atoms with E-state index in [1.54, 1.807) is 0 Å². The Hall–Kier alpha value is -0.500. The van der Waals surface area contributed by atoms with Crippen molar-refractivity contribution in [2.24, 2.45) is 0 Å². The summed E-state index contributed by atoms with van der Waals surface area (Å²) in [4.78, 5) is 11.0. The summed E-state index contributed by atoms with van der Waals surface area (Å²) >= 11 is 0. The fourth-order valence-corrected chi connectivity index (χ4v) is 1.80. The normalized spacial score (nSPS) is 26.6. The van der Waals surface area contributed by atoms with E-state index < -0.39 is 10.1 Å². The Bertz CT molecular complexity index is 332. The third-order valence-corrected chi connectivity index (χ3v) is 2.91. The minimum atomic E-state index is -3.38. The number of hydrogen-bond donors (Lipinski definition) is 1. The number of nitrogens with one attached hydrogen (secondary N) is 1. The first-order valence-electron chi connectivity index (χ1n) is 5.08. The van der Waals surface area contributed by atoms with Gasteiger partial charge in [-0.1, -0.05) is 0 Å². The van der Waals surface area contributed by atoms with Crippen LogP contribution in [0.15, 0.2) is 0 Å². The van der Waals surface area contributed by atoms with Crippen molar-refractivity contribution in [2.75, 3.05) is 26.0 Å². The second kappa shape index (κ2) is 5.72. The van der Waals surface area contributed by atoms with Crippen LogP contribution in [-0.2, 0) is 23.8 Å². The van der Waals surface area contributed by atoms with E-state index in [9.17, 15) is 13.2 Å². The van der Waals surface area contributed by atoms with Crippen LogP contribution in [0.3, 0.4) is 0 Å². The molecule has 0 bridgehead atoms. The lowest BCUT2D eigenvalue weighted by atomic mass is 10.1. The molecule has 7 heteroatoms. The molecule has 1 aliphatic heterocycles. The summed E-state index contributed by atoms with van der Waals surface area (Å²) in [7, 11) is -3.38. The van der Waals surface area contributed by atoms with Crippen molar-refractivity contribution in [1.29, 1.82) is 0 Å². The van der Waals surface area contributed by atoms with E-state index in [4.69, 9.17) is 4.74 Å². The second-order valence-corrected chi connectivity index (χ2v) is 5.49. The fourth-order valence-electron chi connectivity index (χ4n) is 1.40. The third kappa shape index (κ3) is 5.02. The number of morpholine rings is 1. The van der Waals surface area contributed by atoms with Crippen molar-refractivity contribution in [3.8, 4) is 0 Å². The molecule has 1 saturated heterocycles. The van der Waals surface area contributed by atoms with Gasteiger partial charge < -0.3 is 10.1 Å². The molecular formula is C9H17NO5S. The Balaban J connectivity index is 2.20. The first-order chi connectivity index (χ1) is 7.38. The van der Waals surface area contributed by atoms with Crippen LogP contribution in [0.5, 0.6) is 0 Å². The molecule has 94 valence electrons. The monoisotopic (exact) mass is 251 g/mol. The first-order valence-corrected chi connectivity index (χ1v) is 6.90. The molecule has 2 unspecified atom stereocenters. The molecule has 1 N–H and O–H groups in total. The van der Waals surface area contributed by atoms with Crippen molar-refractivity contribution >= 4 is 15.9 Å². The Kier molecular flexibility index (Phi) is 4.85. The van der Waals surface area contributed by atoms with Gasteiger partial charge in [-0.3, -0.25) is 8.98 Å². The molecule has 0 aliphatic carbocycles. The van der Waals surface area contributed by atoms with Crippen molar-refractivity contribution in [1.82, 2.24) is 5.32 Å². The summed E-state index contributed by atoms with van der Waals surface area (Å²) in [6.45, 7) is 2.49. The summed E-state index contributed by atoms with van der Waals surface area (Å²) in [5.74, 6) is 0.0471. The Labute approximate surface area is 95.4 Å². The lowest BCUT2D eigenvalue weighted by Gasteiger charge is -2.28. The van der Waals surface area contributed by atoms with Gasteiger partial charge in [-0.2, -0.15) is 8.42 Å². The lowest BCUT2D eigenvalue weighted by Crippen LogP contribution is -2.49. The summed E-state index contributed by atoms with van der Waals surface area (Å²) in [6, 6.07) is -0.243. The smallest absolute Gasteiger partial charge is 0.264 e. The molecule has 1 rings (SSSR count). The number of Topliss-reactive ketones (excluding diaryl/α,β-unsaturated/α-hetero) is 1. The zero-order chi connectivity index (χ0) is 12.2. The average Bonchev–Trinajstić information content (AvgIpc) is 2.16. The van der Waals surface area contributed by atoms with E-state index in [2.05, 4.69) is 9.50 Å². The van der Waals surface area contributed by atoms with Gasteiger partial charge in [-0.15, -0.1) is 0 Å². The average molecular weight is 251 g/mol. The van der Waals surface area contributed by atoms with Crippen LogP contribution in [0, 0.1) is 0 Å². The number of ether oxygens (including phenoxy) is 1. The van der Waals surface area contributed by atoms with Crippen LogP contribution in [0.4, 0.5) is 0 Å². The van der Waals surface area contributed by atoms with E-state index in [1.807, 2.05) is 0 Å². The maximum Gasteiger partial charge on any atom is 0.264 e. The maximum atomic E-state index is 11.0. The van der Waals surface area contributed by atoms with Crippen LogP contribution in [0.25, 0.3) is 0 Å². The largest absolute Gasteiger partial charge is 0.375 e. The SMILES string of the molecule is CC(=O)C1COC(CCOS(C)(=O)=O)CN1. The topological polar surface area (TPSA) is 81.7 Å². The number of ketones is 1. The Morgan fingerprint density at radius 1 is 1.56 bits per heavy atom. The standard InChI is InChI=1S/C9H17NO5S/c1-7(11)9-6-14-8(5-10-9)3-4-15-16(2,12)13/h8-10H,3-6H2,1-2H3. The van der Waals surface area contributed by atoms with Gasteiger partial charge in [0.05, 0.1) is 31.6 Å². The lowest BCUT2D eigenvalue weighted by molar-refractivity contribution is -0.123. The van der Waals surface area contributed by atoms with Gasteiger partial charge in [-0.25, -0.2) is 0 Å². The first kappa shape index (κ1) is 13.6. The highest BCUT2D eigenvalue weighted by atomic mass is 32.2. The summed E-state index contributed by atoms with van der Waals surface area (Å²) in [6.07, 6.45) is 1.40. The van der Waals surface area contributed by atoms with Crippen LogP contribution < -0.4 is 5.32 Å². The molecule has 6 nitrogen and oxygen atoms in total. The van der Waals surface area contributed by atoms with E-state index in [-0.39, 0.29) is 24.5 Å². The van der Waals surface area contributed by atoms with Crippen LogP contribution in [-0.4, -0.2) is 52.4 Å². The Morgan fingerprint density at radius 3 is 2.69 bits per heavy atom. The van der Waals surface area contributed by atoms with Gasteiger partial charge in [0.15, 0.2) is 0 Å². The van der Waals surface area contributed by atoms with Crippen molar-refractivity contribution < 1.29 is 22.1 Å². The third-order valence-electron chi connectivity index (χ3n) is 2.32. The molecule has 1 heterocycles. The quantitative estimate of drug-likeness (QED) is 0.651. The highest BCUT2D eigenvalue weighted by Gasteiger charge is 2.23. The van der Waals surface area contributed by atoms with Gasteiger partial charge in [0.1, 0.15) is 5.78 Å². The van der Waals surface area contributed by atoms with Crippen molar-refractivity contribution in [3.63, 3.8) is 0 Å². The molecule has 1 aliphatic rings. The van der Waals surface area contributed by atoms with E-state index >= 15 is 0 Å². The molecule has 16 heavy (non-hydrogen) atoms. The minimum absolute atomic E-state index is 0.0471. The van der Waals surface area contributed by atoms with Crippen molar-refractivity contribution in [3.05, 3.63) is 0 Å². The van der Waals surface area contributed by atoms with Gasteiger partial charge in [0.2, 0.25) is 0 Å². The van der Waals surface area contributed by atoms with Gasteiger partial charge in [0.25, 0.3) is 10.1 Å². The fraction of sp³-hybridized carbons (Fsp3) is 0.889. The summed E-state index contributed by atoms with van der Waals surface area (Å²) < 4.78 is 31.4. The van der Waals surface area contributed by atoms with E-state index in [0.29, 0.717) is 19.6 Å². The van der Waals surface area contributed by atoms with Gasteiger partial charge >= 0.3 is 0 Å². The summed E-state index contributed by atoms with van der Waals surface area (Å²) in [5.41, 5.74) is 0. The van der Waals surface area contributed by atoms with Crippen molar-refractivity contribution in [2.45, 2.75) is 25.5 Å². The highest BCUT2D eigenvalue weighted by molar-refractivity contribution is 7.85. The predicted octanol–water partition coefficient (Wildman–Crippen LogP) is -0.701. The van der Waals surface area contributed by atoms with Gasteiger partial charge in [-0.05, 0) is 13.3 Å². The summed E-state index contributed by atoms with van der Waals surface area (Å²) in [5, 5.41) is 3.04. The van der Waals surface area contributed by atoms with Crippen LogP contribution >= 0.6 is 0 Å². The molecule has 0 spiro atoms. The zero-order valence-corrected chi connectivity index (χ0v) is 10.2. The van der Waals surface area contributed by atoms with Gasteiger partial charge in [0, 0.05) is 6.54 Å². The minimum Gasteiger partial charge on any atom is -0.375 e. The molecule has 0 aromatic carbocycles. The number of carbonyl (C=O) groups excluding carboxylic acids is 1. The predicted molar refractivity (Wildman–Crippen MR) is 57.6 cm³/mol. The van der Waals surface area contributed by atoms with Crippen LogP contribution in [0.1, 0.15) is 13.3 Å². The molecule has 0 aromatic rings. The number of hydrogen-bond acceptors (Lipinski definition) is 6. The number of carbonyl (C=O) groups is 1. The Morgan fingerprint density at radius 2 is 2.25 bits per heavy atom. The van der Waals surface area contributed by atoms with Crippen LogP contribution in [0.2, 0.25) is 0 Å². The molecular weight excluding hydrogens is 234 g/mol. The van der Waals surface area contributed by atoms with E-state index in [1.165, 1.54) is 6.92 Å². The van der Waals surface area contributed by atoms with E-state index in [0.717, 1.165) is 6.26 Å². The second-order valence-electron chi connectivity index (χ2n) is 3.84. The molecule has 0 radical (unpaired) electrons. The molecule has 1 fully saturated rings. The molecule has 2 atom stereocenters. The zero-order valence-electron chi connectivity index (χ0n) is 9.43. The molecule has 0 aromatic heterocycles.